The molecular weight excluding hydrogens is 546 g/mol. The molecule has 2 aromatic heterocycles. The molecular formula is C31H37N9O3. The second-order valence-electron chi connectivity index (χ2n) is 11.3. The van der Waals surface area contributed by atoms with Gasteiger partial charge in [-0.3, -0.25) is 14.4 Å². The average molecular weight is 584 g/mol. The van der Waals surface area contributed by atoms with Gasteiger partial charge in [0, 0.05) is 26.1 Å². The van der Waals surface area contributed by atoms with Crippen LogP contribution in [0.3, 0.4) is 0 Å². The molecule has 1 N–H and O–H groups in total. The van der Waals surface area contributed by atoms with Crippen LogP contribution in [0.15, 0.2) is 54.6 Å². The van der Waals surface area contributed by atoms with Crippen LogP contribution in [0.1, 0.15) is 55.4 Å². The number of rotatable bonds is 4. The van der Waals surface area contributed by atoms with Crippen LogP contribution in [0.2, 0.25) is 0 Å². The zero-order valence-electron chi connectivity index (χ0n) is 24.4. The van der Waals surface area contributed by atoms with E-state index in [4.69, 9.17) is 4.98 Å². The van der Waals surface area contributed by atoms with Crippen molar-refractivity contribution in [1.82, 2.24) is 44.9 Å². The first-order valence-corrected chi connectivity index (χ1v) is 15.1. The van der Waals surface area contributed by atoms with Crippen molar-refractivity contribution >= 4 is 28.8 Å². The van der Waals surface area contributed by atoms with Crippen LogP contribution in [0.25, 0.3) is 11.0 Å². The van der Waals surface area contributed by atoms with Gasteiger partial charge in [0.25, 0.3) is 0 Å². The van der Waals surface area contributed by atoms with Crippen molar-refractivity contribution in [3.8, 4) is 0 Å². The fourth-order valence-corrected chi connectivity index (χ4v) is 6.06. The second kappa shape index (κ2) is 12.7. The maximum Gasteiger partial charge on any atom is 0.246 e. The van der Waals surface area contributed by atoms with Gasteiger partial charge in [-0.2, -0.15) is 20.1 Å². The van der Waals surface area contributed by atoms with Crippen molar-refractivity contribution < 1.29 is 14.4 Å². The Hall–Kier alpha value is -4.61. The Morgan fingerprint density at radius 1 is 0.884 bits per heavy atom. The fraction of sp³-hybridized carbons (Fsp3) is 0.452. The van der Waals surface area contributed by atoms with E-state index in [0.717, 1.165) is 29.4 Å². The Morgan fingerprint density at radius 2 is 1.63 bits per heavy atom. The molecule has 0 saturated carbocycles. The van der Waals surface area contributed by atoms with E-state index in [-0.39, 0.29) is 30.7 Å². The minimum atomic E-state index is -0.530. The number of nitrogens with zero attached hydrogens (tertiary/aromatic N) is 8. The SMILES string of the molecule is Cc1nc2n(n1)CCN(C(=O)Cn1nc3ccccc3n1)CCCC(=O)N1CCCC[C@H]1C(=O)N[C@@H]2Cc1ccccc1. The van der Waals surface area contributed by atoms with Crippen LogP contribution >= 0.6 is 0 Å². The molecule has 6 rings (SSSR count). The zero-order valence-corrected chi connectivity index (χ0v) is 24.4. The molecule has 4 heterocycles. The van der Waals surface area contributed by atoms with E-state index in [0.29, 0.717) is 57.1 Å². The smallest absolute Gasteiger partial charge is 0.246 e. The number of benzene rings is 2. The summed E-state index contributed by atoms with van der Waals surface area (Å²) in [6.45, 7) is 3.52. The Balaban J connectivity index is 1.30. The summed E-state index contributed by atoms with van der Waals surface area (Å²) in [5.41, 5.74) is 2.51. The molecule has 1 saturated heterocycles. The molecule has 2 aromatic carbocycles. The molecule has 2 atom stereocenters. The summed E-state index contributed by atoms with van der Waals surface area (Å²) in [7, 11) is 0. The Morgan fingerprint density at radius 3 is 2.40 bits per heavy atom. The first-order chi connectivity index (χ1) is 20.9. The summed E-state index contributed by atoms with van der Waals surface area (Å²) in [5, 5.41) is 16.8. The number of aryl methyl sites for hydroxylation is 1. The lowest BCUT2D eigenvalue weighted by molar-refractivity contribution is -0.143. The van der Waals surface area contributed by atoms with Crippen molar-refractivity contribution in [2.24, 2.45) is 0 Å². The van der Waals surface area contributed by atoms with Crippen LogP contribution in [0.5, 0.6) is 0 Å². The molecule has 0 unspecified atom stereocenters. The number of amides is 3. The molecule has 0 spiro atoms. The molecule has 2 aliphatic heterocycles. The van der Waals surface area contributed by atoms with Crippen molar-refractivity contribution in [2.45, 2.75) is 70.6 Å². The molecule has 3 amide bonds. The lowest BCUT2D eigenvalue weighted by Gasteiger charge is -2.36. The number of nitrogens with one attached hydrogen (secondary N) is 1. The Bertz CT molecular complexity index is 1570. The second-order valence-corrected chi connectivity index (χ2v) is 11.3. The molecule has 224 valence electrons. The summed E-state index contributed by atoms with van der Waals surface area (Å²) in [6.07, 6.45) is 3.65. The number of carbonyl (C=O) groups excluding carboxylic acids is 3. The van der Waals surface area contributed by atoms with Gasteiger partial charge in [0.1, 0.15) is 35.3 Å². The van der Waals surface area contributed by atoms with E-state index < -0.39 is 12.1 Å². The van der Waals surface area contributed by atoms with E-state index >= 15 is 0 Å². The summed E-state index contributed by atoms with van der Waals surface area (Å²) in [5.74, 6) is 0.875. The van der Waals surface area contributed by atoms with Crippen LogP contribution in [-0.2, 0) is 33.9 Å². The van der Waals surface area contributed by atoms with Crippen molar-refractivity contribution in [1.29, 1.82) is 0 Å². The van der Waals surface area contributed by atoms with Gasteiger partial charge in [0.05, 0.1) is 12.6 Å². The molecule has 4 aromatic rings. The van der Waals surface area contributed by atoms with Gasteiger partial charge < -0.3 is 15.1 Å². The third-order valence-corrected chi connectivity index (χ3v) is 8.20. The van der Waals surface area contributed by atoms with Gasteiger partial charge in [-0.05, 0) is 56.7 Å². The standard InChI is InChI=1S/C31H37N9O3/c1-22-32-30-26(20-23-10-3-2-4-11-23)33-31(43)27-14-7-8-17-38(27)28(41)15-9-16-37(18-19-39(30)34-22)29(42)21-40-35-24-12-5-6-13-25(24)36-40/h2-6,10-13,26-27H,7-9,14-21H2,1H3,(H,33,43)/t26-,27+/m1/s1. The molecule has 12 nitrogen and oxygen atoms in total. The zero-order chi connectivity index (χ0) is 29.8. The van der Waals surface area contributed by atoms with E-state index in [1.54, 1.807) is 14.5 Å². The normalized spacial score (nSPS) is 20.3. The highest BCUT2D eigenvalue weighted by molar-refractivity contribution is 5.88. The summed E-state index contributed by atoms with van der Waals surface area (Å²) in [6, 6.07) is 16.5. The molecule has 0 bridgehead atoms. The fourth-order valence-electron chi connectivity index (χ4n) is 6.06. The third kappa shape index (κ3) is 6.58. The van der Waals surface area contributed by atoms with Crippen molar-refractivity contribution in [3.63, 3.8) is 0 Å². The Labute approximate surface area is 250 Å². The van der Waals surface area contributed by atoms with Gasteiger partial charge >= 0.3 is 0 Å². The number of hydrogen-bond acceptors (Lipinski definition) is 7. The van der Waals surface area contributed by atoms with E-state index in [1.165, 1.54) is 4.80 Å². The summed E-state index contributed by atoms with van der Waals surface area (Å²) < 4.78 is 1.81. The van der Waals surface area contributed by atoms with Gasteiger partial charge in [-0.25, -0.2) is 9.67 Å². The maximum atomic E-state index is 13.7. The highest BCUT2D eigenvalue weighted by atomic mass is 16.2. The van der Waals surface area contributed by atoms with Crippen molar-refractivity contribution in [3.05, 3.63) is 71.8 Å². The highest BCUT2D eigenvalue weighted by Crippen LogP contribution is 2.23. The van der Waals surface area contributed by atoms with Crippen LogP contribution in [0, 0.1) is 6.92 Å². The van der Waals surface area contributed by atoms with Gasteiger partial charge in [-0.1, -0.05) is 42.5 Å². The number of carbonyl (C=O) groups is 3. The molecule has 2 aliphatic rings. The van der Waals surface area contributed by atoms with Gasteiger partial charge in [0.15, 0.2) is 0 Å². The molecule has 0 aliphatic carbocycles. The molecule has 0 radical (unpaired) electrons. The van der Waals surface area contributed by atoms with E-state index in [9.17, 15) is 14.4 Å². The minimum Gasteiger partial charge on any atom is -0.344 e. The van der Waals surface area contributed by atoms with Crippen molar-refractivity contribution in [2.75, 3.05) is 19.6 Å². The Kier molecular flexibility index (Phi) is 8.43. The quantitative estimate of drug-likeness (QED) is 0.390. The van der Waals surface area contributed by atoms with Crippen LogP contribution < -0.4 is 5.32 Å². The number of hydrogen-bond donors (Lipinski definition) is 1. The first kappa shape index (κ1) is 28.5. The van der Waals surface area contributed by atoms with Crippen LogP contribution in [-0.4, -0.2) is 83.0 Å². The average Bonchev–Trinajstić information content (AvgIpc) is 3.60. The first-order valence-electron chi connectivity index (χ1n) is 15.1. The monoisotopic (exact) mass is 583 g/mol. The van der Waals surface area contributed by atoms with Gasteiger partial charge in [0.2, 0.25) is 17.7 Å². The topological polar surface area (TPSA) is 131 Å². The highest BCUT2D eigenvalue weighted by Gasteiger charge is 2.34. The molecule has 1 fully saturated rings. The minimum absolute atomic E-state index is 0.00719. The summed E-state index contributed by atoms with van der Waals surface area (Å²) >= 11 is 0. The number of aromatic nitrogens is 6. The summed E-state index contributed by atoms with van der Waals surface area (Å²) in [4.78, 5) is 50.4. The maximum absolute atomic E-state index is 13.7. The largest absolute Gasteiger partial charge is 0.344 e. The lowest BCUT2D eigenvalue weighted by Crippen LogP contribution is -2.53. The van der Waals surface area contributed by atoms with Crippen LogP contribution in [0.4, 0.5) is 0 Å². The predicted octanol–water partition coefficient (Wildman–Crippen LogP) is 2.43. The van der Waals surface area contributed by atoms with E-state index in [1.807, 2.05) is 61.5 Å². The molecule has 12 heteroatoms. The number of piperidine rings is 1. The predicted molar refractivity (Wildman–Crippen MR) is 158 cm³/mol. The molecule has 43 heavy (non-hydrogen) atoms. The van der Waals surface area contributed by atoms with Gasteiger partial charge in [-0.15, -0.1) is 0 Å². The van der Waals surface area contributed by atoms with E-state index in [2.05, 4.69) is 20.6 Å². The lowest BCUT2D eigenvalue weighted by atomic mass is 9.99. The third-order valence-electron chi connectivity index (χ3n) is 8.20. The number of fused-ring (bicyclic) bond motifs is 3.